The van der Waals surface area contributed by atoms with Crippen LogP contribution in [0, 0.1) is 23.7 Å². The lowest BCUT2D eigenvalue weighted by atomic mass is 9.90. The normalized spacial score (nSPS) is 26.9. The molecule has 47 heteroatoms. The number of hydrogen-bond donors (Lipinski definition) is 16. The summed E-state index contributed by atoms with van der Waals surface area (Å²) in [7, 11) is 5.53. The molecule has 2 aromatic carbocycles. The number of H-pyrrole nitrogens is 2. The minimum Gasteiger partial charge on any atom is -0.391 e. The van der Waals surface area contributed by atoms with E-state index in [-0.39, 0.29) is 145 Å². The lowest BCUT2D eigenvalue weighted by Gasteiger charge is -2.30. The monoisotopic (exact) mass is 2070 g/mol. The number of carbonyl (C=O) groups excluding carboxylic acids is 20. The summed E-state index contributed by atoms with van der Waals surface area (Å²) >= 11 is 2.10. The lowest BCUT2D eigenvalue weighted by Crippen LogP contribution is -2.61. The van der Waals surface area contributed by atoms with Crippen LogP contribution in [0.3, 0.4) is 0 Å². The van der Waals surface area contributed by atoms with Gasteiger partial charge in [-0.05, 0) is 126 Å². The number of aromatic amines is 2. The Kier molecular flexibility index (Phi) is 40.5. The highest BCUT2D eigenvalue weighted by atomic mass is 33.1. The smallest absolute Gasteiger partial charge is 0.333 e. The number of imide groups is 1. The predicted octanol–water partition coefficient (Wildman–Crippen LogP) is 1.29. The number of benzene rings is 2. The Morgan fingerprint density at radius 3 is 1.24 bits per heavy atom. The second kappa shape index (κ2) is 51.4. The van der Waals surface area contributed by atoms with Crippen LogP contribution in [0.4, 0.5) is 0 Å². The van der Waals surface area contributed by atoms with Crippen molar-refractivity contribution in [1.82, 2.24) is 82.9 Å². The topological polar surface area (TPSA) is 596 Å². The van der Waals surface area contributed by atoms with Gasteiger partial charge < -0.3 is 103 Å². The summed E-state index contributed by atoms with van der Waals surface area (Å²) in [6.07, 6.45) is -6.98. The van der Waals surface area contributed by atoms with Crippen molar-refractivity contribution in [3.05, 3.63) is 58.7 Å². The zero-order valence-corrected chi connectivity index (χ0v) is 85.3. The molecular formula is C94H128N16O25S6. The SMILES string of the molecule is CCC(C)C[C@@H]1NC(=O)[C@H]2CC(=O)[C@H](C)NC(=O)[C@@H]3C[C@@H](O)CN3C(=O)[C@@H](CSc3[nH]c4ccc(CC(=O)CCSSCCN(CCSSCCC(=O)Cc5ccc6[nH]c7c(c6c5)C[C@@H]5CC(=O)[C@H](C)NC(=O)[C@@H]6C[C@@H](O)CN6C(=O)[C@@H](CS7)NC(=O)[C@@H](C(C)O)NC(=O)[C@H](C)NC(=O)[C@H](CC(C)CC)NC5=O)C(=O)CCC(=O)ON5C(=O)CCC5=O)cc4c3C2)NC(=O)[C@@H](C(C)O)NC(=O)[C@H](C)NC1=O. The molecule has 0 radical (unpaired) electrons. The van der Waals surface area contributed by atoms with Gasteiger partial charge in [0.2, 0.25) is 76.8 Å². The van der Waals surface area contributed by atoms with Crippen LogP contribution < -0.4 is 53.2 Å². The zero-order valence-electron chi connectivity index (χ0n) is 80.4. The van der Waals surface area contributed by atoms with Gasteiger partial charge in [0.25, 0.3) is 11.8 Å². The first-order valence-corrected chi connectivity index (χ1v) is 54.7. The third kappa shape index (κ3) is 30.0. The number of aromatic nitrogens is 2. The van der Waals surface area contributed by atoms with Crippen LogP contribution >= 0.6 is 66.7 Å². The molecule has 16 N–H and O–H groups in total. The fourth-order valence-corrected chi connectivity index (χ4v) is 23.8. The first-order valence-electron chi connectivity index (χ1n) is 47.8. The number of nitrogens with one attached hydrogen (secondary N) is 12. The second-order valence-electron chi connectivity index (χ2n) is 37.4. The Morgan fingerprint density at radius 2 is 0.851 bits per heavy atom. The van der Waals surface area contributed by atoms with E-state index in [1.165, 1.54) is 84.7 Å². The van der Waals surface area contributed by atoms with Crippen molar-refractivity contribution in [2.75, 3.05) is 60.7 Å². The highest BCUT2D eigenvalue weighted by Crippen LogP contribution is 2.39. The van der Waals surface area contributed by atoms with Crippen molar-refractivity contribution in [1.29, 1.82) is 0 Å². The number of Topliss-reactive ketones (excluding diaryl/α,β-unsaturated/α-hetero) is 4. The van der Waals surface area contributed by atoms with Gasteiger partial charge >= 0.3 is 5.97 Å². The minimum atomic E-state index is -1.69. The van der Waals surface area contributed by atoms with Crippen LogP contribution in [-0.2, 0) is 126 Å². The van der Waals surface area contributed by atoms with Crippen molar-refractivity contribution in [2.24, 2.45) is 23.7 Å². The van der Waals surface area contributed by atoms with Gasteiger partial charge in [0.05, 0.1) is 53.0 Å². The number of rotatable bonds is 30. The van der Waals surface area contributed by atoms with Crippen LogP contribution in [0.1, 0.15) is 181 Å². The van der Waals surface area contributed by atoms with Crippen molar-refractivity contribution < 1.29 is 121 Å². The first-order chi connectivity index (χ1) is 66.9. The fraction of sp³-hybridized carbons (Fsp3) is 0.617. The minimum absolute atomic E-state index is 0.0657. The van der Waals surface area contributed by atoms with E-state index in [2.05, 4.69) is 63.1 Å². The molecule has 141 heavy (non-hydrogen) atoms. The molecule has 770 valence electrons. The number of aliphatic hydroxyl groups is 4. The average molecular weight is 2070 g/mol. The fourth-order valence-electron chi connectivity index (χ4n) is 17.6. The maximum Gasteiger partial charge on any atom is 0.333 e. The lowest BCUT2D eigenvalue weighted by molar-refractivity contribution is -0.197. The number of hydrogen-bond acceptors (Lipinski definition) is 31. The molecule has 3 saturated heterocycles. The molecule has 15 amide bonds. The quantitative estimate of drug-likeness (QED) is 0.0199. The Labute approximate surface area is 839 Å². The van der Waals surface area contributed by atoms with Crippen LogP contribution in [0.5, 0.6) is 0 Å². The highest BCUT2D eigenvalue weighted by Gasteiger charge is 2.48. The molecule has 0 spiro atoms. The van der Waals surface area contributed by atoms with Gasteiger partial charge in [0.1, 0.15) is 72.0 Å². The molecule has 4 unspecified atom stereocenters. The van der Waals surface area contributed by atoms with Gasteiger partial charge in [0, 0.05) is 165 Å². The Bertz CT molecular complexity index is 5080. The van der Waals surface area contributed by atoms with Crippen molar-refractivity contribution in [2.45, 2.75) is 292 Å². The number of aliphatic hydroxyl groups excluding tert-OH is 4. The molecule has 41 nitrogen and oxygen atoms in total. The Balaban J connectivity index is 0.767. The average Bonchev–Trinajstić information content (AvgIpc) is 1.64. The third-order valence-electron chi connectivity index (χ3n) is 26.3. The Hall–Kier alpha value is -10.1. The maximum absolute atomic E-state index is 15.1. The molecule has 3 fully saturated rings. The number of thioether (sulfide) groups is 2. The van der Waals surface area contributed by atoms with Crippen molar-refractivity contribution >= 4 is 206 Å². The van der Waals surface area contributed by atoms with Gasteiger partial charge in [-0.3, -0.25) is 91.1 Å². The predicted molar refractivity (Wildman–Crippen MR) is 527 cm³/mol. The van der Waals surface area contributed by atoms with Crippen molar-refractivity contribution in [3.63, 3.8) is 0 Å². The standard InChI is InChI=1S/C94H128N16O25S6/c1-11-45(3)29-67-85(127)97-49(7)81(123)105-79(51(9)111)89(131)101-69-43-136-91-63(35-55(83(125)99-67)37-73(117)47(5)95-87(129)71-39-59(115)41-108(71)93(69)133)61-33-53(13-15-65(61)103-91)31-57(113)21-25-138-140-27-23-107(75(119)19-20-78(122)135-110-76(120)17-18-77(110)121)24-28-141-139-26-22-58(114)32-54-14-16-66-62(34-54)64-36-56-38-74(118)48(6)96-88(130)72-40-60(116)42-109(72)94(134)70(44-137-92(64)104-66)102-90(132)80(52(10)112)106-82(124)50(8)98-86(128)68(100-84(56)126)30-46(4)12-2/h13-16,33-34,45-52,55-56,59-60,67-72,79-80,103-104,111-112,115-116H,11-12,17-32,35-44H2,1-10H3,(H,95,129)(H,96,130)(H,97,127)(H,98,128)(H,99,125)(H,100,126)(H,101,131)(H,102,132)(H,105,123)(H,106,124)/t45?,46?,47-,48-,49-,50-,51?,52?,55+,56+,59+,60+,67-,68-,69+,70+,71-,72-,79+,80+/m0/s1. The maximum atomic E-state index is 15.1. The van der Waals surface area contributed by atoms with E-state index < -0.39 is 234 Å². The Morgan fingerprint density at radius 1 is 0.461 bits per heavy atom. The second-order valence-corrected chi connectivity index (χ2v) is 44.9. The van der Waals surface area contributed by atoms with E-state index in [1.807, 2.05) is 27.7 Å². The van der Waals surface area contributed by atoms with E-state index in [4.69, 9.17) is 4.84 Å². The van der Waals surface area contributed by atoms with Crippen LogP contribution in [0.2, 0.25) is 0 Å². The summed E-state index contributed by atoms with van der Waals surface area (Å²) in [6, 6.07) is -6.25. The van der Waals surface area contributed by atoms with E-state index in [0.717, 1.165) is 33.3 Å². The molecule has 2 aromatic heterocycles. The molecule has 0 saturated carbocycles. The molecule has 4 aromatic rings. The van der Waals surface area contributed by atoms with E-state index in [9.17, 15) is 107 Å². The molecule has 4 bridgehead atoms. The number of ketones is 4. The van der Waals surface area contributed by atoms with Crippen LogP contribution in [0.25, 0.3) is 21.8 Å². The van der Waals surface area contributed by atoms with Gasteiger partial charge in [-0.15, -0.1) is 28.6 Å². The van der Waals surface area contributed by atoms with E-state index >= 15 is 9.59 Å². The number of carbonyl (C=O) groups is 20. The third-order valence-corrected chi connectivity index (χ3v) is 33.3. The molecule has 9 heterocycles. The number of fused-ring (bicyclic) bond motifs is 10. The number of amides is 15. The van der Waals surface area contributed by atoms with E-state index in [1.54, 1.807) is 41.3 Å². The highest BCUT2D eigenvalue weighted by molar-refractivity contribution is 8.77. The van der Waals surface area contributed by atoms with E-state index in [0.29, 0.717) is 95.0 Å². The van der Waals surface area contributed by atoms with Crippen LogP contribution in [-0.4, -0.2) is 325 Å². The van der Waals surface area contributed by atoms with Gasteiger partial charge in [-0.25, -0.2) is 4.79 Å². The first kappa shape index (κ1) is 111. The zero-order chi connectivity index (χ0) is 103. The molecule has 7 aliphatic rings. The number of nitrogens with zero attached hydrogens (tertiary/aromatic N) is 4. The molecule has 11 rings (SSSR count). The van der Waals surface area contributed by atoms with Gasteiger partial charge in [-0.1, -0.05) is 95.8 Å². The molecule has 0 aliphatic carbocycles. The molecule has 7 aliphatic heterocycles. The summed E-state index contributed by atoms with van der Waals surface area (Å²) in [6.45, 7) is 15.2. The molecular weight excluding hydrogens is 1950 g/mol. The summed E-state index contributed by atoms with van der Waals surface area (Å²) in [4.78, 5) is 298. The van der Waals surface area contributed by atoms with Crippen molar-refractivity contribution in [3.8, 4) is 0 Å². The van der Waals surface area contributed by atoms with Crippen LogP contribution in [0.15, 0.2) is 46.5 Å². The number of hydroxylamine groups is 2. The molecule has 20 atom stereocenters. The van der Waals surface area contributed by atoms with Gasteiger partial charge in [0.15, 0.2) is 11.6 Å². The summed E-state index contributed by atoms with van der Waals surface area (Å²) in [5, 5.41) is 72.9. The van der Waals surface area contributed by atoms with Gasteiger partial charge in [-0.2, -0.15) is 0 Å². The largest absolute Gasteiger partial charge is 0.391 e. The summed E-state index contributed by atoms with van der Waals surface area (Å²) in [5.41, 5.74) is 3.09. The summed E-state index contributed by atoms with van der Waals surface area (Å²) < 4.78 is 0. The summed E-state index contributed by atoms with van der Waals surface area (Å²) in [5.74, 6) is -16.2.